The van der Waals surface area contributed by atoms with Crippen LogP contribution in [0, 0.1) is 13.8 Å². The van der Waals surface area contributed by atoms with Crippen LogP contribution < -0.4 is 5.56 Å². The van der Waals surface area contributed by atoms with Crippen molar-refractivity contribution in [1.82, 2.24) is 9.55 Å². The summed E-state index contributed by atoms with van der Waals surface area (Å²) in [4.78, 5) is 16.2. The lowest BCUT2D eigenvalue weighted by Crippen LogP contribution is -2.22. The predicted molar refractivity (Wildman–Crippen MR) is 69.1 cm³/mol. The molecule has 2 aromatic heterocycles. The molecule has 0 N–H and O–H groups in total. The van der Waals surface area contributed by atoms with E-state index in [1.54, 1.807) is 22.1 Å². The maximum Gasteiger partial charge on any atom is 0.253 e. The molecule has 0 atom stereocenters. The van der Waals surface area contributed by atoms with Crippen LogP contribution in [0.5, 0.6) is 0 Å². The number of hydrogen-bond donors (Lipinski definition) is 0. The number of pyridine rings is 1. The van der Waals surface area contributed by atoms with Crippen LogP contribution in [0.15, 0.2) is 26.9 Å². The molecule has 0 aliphatic heterocycles. The van der Waals surface area contributed by atoms with Crippen molar-refractivity contribution in [1.29, 1.82) is 0 Å². The number of aryl methyl sites for hydroxylation is 2. The number of hydrogen-bond acceptors (Lipinski definition) is 3. The summed E-state index contributed by atoms with van der Waals surface area (Å²) in [6, 6.07) is 1.83. The first kappa shape index (κ1) is 11.5. The second kappa shape index (κ2) is 4.51. The number of aromatic nitrogens is 2. The van der Waals surface area contributed by atoms with E-state index < -0.39 is 0 Å². The fourth-order valence-electron chi connectivity index (χ4n) is 1.48. The third kappa shape index (κ3) is 2.41. The van der Waals surface area contributed by atoms with Gasteiger partial charge < -0.3 is 4.57 Å². The standard InChI is InChI=1S/C11H11BrN2OS/c1-7-3-9(12)4-14(11(7)15)5-10-13-8(2)6-16-10/h3-4,6H,5H2,1-2H3. The van der Waals surface area contributed by atoms with Gasteiger partial charge in [0.2, 0.25) is 0 Å². The van der Waals surface area contributed by atoms with Crippen molar-refractivity contribution in [2.45, 2.75) is 20.4 Å². The Morgan fingerprint density at radius 1 is 1.50 bits per heavy atom. The normalized spacial score (nSPS) is 10.7. The third-order valence-corrected chi connectivity index (χ3v) is 3.59. The molecule has 16 heavy (non-hydrogen) atoms. The predicted octanol–water partition coefficient (Wildman–Crippen LogP) is 2.73. The van der Waals surface area contributed by atoms with Crippen molar-refractivity contribution in [3.05, 3.63) is 48.7 Å². The molecule has 0 unspecified atom stereocenters. The Morgan fingerprint density at radius 2 is 2.25 bits per heavy atom. The SMILES string of the molecule is Cc1csc(Cn2cc(Br)cc(C)c2=O)n1. The van der Waals surface area contributed by atoms with Crippen molar-refractivity contribution < 1.29 is 0 Å². The van der Waals surface area contributed by atoms with E-state index in [2.05, 4.69) is 20.9 Å². The van der Waals surface area contributed by atoms with E-state index in [0.717, 1.165) is 20.7 Å². The maximum atomic E-state index is 11.9. The summed E-state index contributed by atoms with van der Waals surface area (Å²) < 4.78 is 2.59. The van der Waals surface area contributed by atoms with Gasteiger partial charge >= 0.3 is 0 Å². The first-order valence-corrected chi connectivity index (χ1v) is 6.51. The maximum absolute atomic E-state index is 11.9. The zero-order valence-corrected chi connectivity index (χ0v) is 11.4. The molecular formula is C11H11BrN2OS. The lowest BCUT2D eigenvalue weighted by Gasteiger charge is -2.05. The molecule has 0 radical (unpaired) electrons. The molecule has 3 nitrogen and oxygen atoms in total. The summed E-state index contributed by atoms with van der Waals surface area (Å²) in [6.45, 7) is 4.31. The highest BCUT2D eigenvalue weighted by Gasteiger charge is 2.05. The first-order valence-electron chi connectivity index (χ1n) is 4.84. The van der Waals surface area contributed by atoms with Crippen LogP contribution in [0.4, 0.5) is 0 Å². The number of thiazole rings is 1. The average molecular weight is 299 g/mol. The second-order valence-corrected chi connectivity index (χ2v) is 5.52. The van der Waals surface area contributed by atoms with Crippen molar-refractivity contribution in [2.24, 2.45) is 0 Å². The minimum absolute atomic E-state index is 0.0380. The van der Waals surface area contributed by atoms with Crippen molar-refractivity contribution in [2.75, 3.05) is 0 Å². The van der Waals surface area contributed by atoms with E-state index in [1.807, 2.05) is 25.3 Å². The molecule has 2 aromatic rings. The molecule has 0 saturated heterocycles. The summed E-state index contributed by atoms with van der Waals surface area (Å²) in [6.07, 6.45) is 1.80. The fourth-order valence-corrected chi connectivity index (χ4v) is 2.84. The van der Waals surface area contributed by atoms with Crippen LogP contribution in [0.2, 0.25) is 0 Å². The van der Waals surface area contributed by atoms with Crippen LogP contribution >= 0.6 is 27.3 Å². The van der Waals surface area contributed by atoms with Gasteiger partial charge in [0, 0.05) is 27.3 Å². The summed E-state index contributed by atoms with van der Waals surface area (Å²) in [5.74, 6) is 0. The van der Waals surface area contributed by atoms with E-state index in [9.17, 15) is 4.79 Å². The largest absolute Gasteiger partial charge is 0.307 e. The van der Waals surface area contributed by atoms with Crippen molar-refractivity contribution >= 4 is 27.3 Å². The minimum atomic E-state index is 0.0380. The number of nitrogens with zero attached hydrogens (tertiary/aromatic N) is 2. The van der Waals surface area contributed by atoms with Crippen LogP contribution in [-0.2, 0) is 6.54 Å². The van der Waals surface area contributed by atoms with Gasteiger partial charge in [-0.05, 0) is 35.8 Å². The molecule has 0 aromatic carbocycles. The van der Waals surface area contributed by atoms with Gasteiger partial charge in [-0.3, -0.25) is 4.79 Å². The van der Waals surface area contributed by atoms with Gasteiger partial charge in [0.15, 0.2) is 0 Å². The molecule has 0 spiro atoms. The summed E-state index contributed by atoms with van der Waals surface area (Å²) in [7, 11) is 0. The fraction of sp³-hybridized carbons (Fsp3) is 0.273. The highest BCUT2D eigenvalue weighted by molar-refractivity contribution is 9.10. The minimum Gasteiger partial charge on any atom is -0.307 e. The molecule has 2 heterocycles. The Balaban J connectivity index is 2.38. The molecule has 0 aliphatic rings. The smallest absolute Gasteiger partial charge is 0.253 e. The second-order valence-electron chi connectivity index (χ2n) is 3.66. The van der Waals surface area contributed by atoms with Crippen molar-refractivity contribution in [3.63, 3.8) is 0 Å². The van der Waals surface area contributed by atoms with E-state index >= 15 is 0 Å². The molecule has 0 saturated carbocycles. The van der Waals surface area contributed by atoms with Crippen LogP contribution in [0.25, 0.3) is 0 Å². The zero-order valence-electron chi connectivity index (χ0n) is 9.03. The lowest BCUT2D eigenvalue weighted by molar-refractivity contribution is 0.742. The first-order chi connectivity index (χ1) is 7.56. The van der Waals surface area contributed by atoms with Gasteiger partial charge in [0.25, 0.3) is 5.56 Å². The number of halogens is 1. The Labute approximate surface area is 106 Å². The average Bonchev–Trinajstić information content (AvgIpc) is 2.60. The third-order valence-electron chi connectivity index (χ3n) is 2.20. The van der Waals surface area contributed by atoms with E-state index in [4.69, 9.17) is 0 Å². The molecule has 0 aliphatic carbocycles. The molecular weight excluding hydrogens is 288 g/mol. The Hall–Kier alpha value is -0.940. The highest BCUT2D eigenvalue weighted by atomic mass is 79.9. The molecule has 0 fully saturated rings. The summed E-state index contributed by atoms with van der Waals surface area (Å²) in [5, 5.41) is 2.95. The zero-order chi connectivity index (χ0) is 11.7. The lowest BCUT2D eigenvalue weighted by atomic mass is 10.3. The topological polar surface area (TPSA) is 34.9 Å². The molecule has 0 amide bonds. The van der Waals surface area contributed by atoms with Gasteiger partial charge in [0.1, 0.15) is 5.01 Å². The Kier molecular flexibility index (Phi) is 3.25. The highest BCUT2D eigenvalue weighted by Crippen LogP contribution is 2.12. The van der Waals surface area contributed by atoms with Gasteiger partial charge in [-0.1, -0.05) is 0 Å². The monoisotopic (exact) mass is 298 g/mol. The van der Waals surface area contributed by atoms with Gasteiger partial charge in [-0.25, -0.2) is 4.98 Å². The van der Waals surface area contributed by atoms with Crippen molar-refractivity contribution in [3.8, 4) is 0 Å². The Bertz CT molecular complexity index is 574. The quantitative estimate of drug-likeness (QED) is 0.854. The van der Waals surface area contributed by atoms with Crippen LogP contribution in [0.3, 0.4) is 0 Å². The van der Waals surface area contributed by atoms with E-state index in [0.29, 0.717) is 6.54 Å². The van der Waals surface area contributed by atoms with Gasteiger partial charge in [-0.2, -0.15) is 0 Å². The van der Waals surface area contributed by atoms with Gasteiger partial charge in [-0.15, -0.1) is 11.3 Å². The molecule has 5 heteroatoms. The number of rotatable bonds is 2. The molecule has 84 valence electrons. The summed E-state index contributed by atoms with van der Waals surface area (Å²) >= 11 is 4.97. The van der Waals surface area contributed by atoms with Crippen LogP contribution in [0.1, 0.15) is 16.3 Å². The Morgan fingerprint density at radius 3 is 2.88 bits per heavy atom. The molecule has 2 rings (SSSR count). The van der Waals surface area contributed by atoms with E-state index in [1.165, 1.54) is 0 Å². The van der Waals surface area contributed by atoms with Gasteiger partial charge in [0.05, 0.1) is 6.54 Å². The molecule has 0 bridgehead atoms. The summed E-state index contributed by atoms with van der Waals surface area (Å²) in [5.41, 5.74) is 1.78. The van der Waals surface area contributed by atoms with E-state index in [-0.39, 0.29) is 5.56 Å². The van der Waals surface area contributed by atoms with Crippen LogP contribution in [-0.4, -0.2) is 9.55 Å².